The van der Waals surface area contributed by atoms with Crippen molar-refractivity contribution in [1.29, 1.82) is 0 Å². The molecule has 1 aliphatic heterocycles. The van der Waals surface area contributed by atoms with Gasteiger partial charge in [0.25, 0.3) is 0 Å². The quantitative estimate of drug-likeness (QED) is 0.196. The minimum Gasteiger partial charge on any atom is -0.380 e. The molecule has 0 saturated carbocycles. The lowest BCUT2D eigenvalue weighted by Crippen LogP contribution is -2.51. The van der Waals surface area contributed by atoms with Crippen molar-refractivity contribution < 1.29 is 0 Å². The summed E-state index contributed by atoms with van der Waals surface area (Å²) < 4.78 is 0. The van der Waals surface area contributed by atoms with E-state index in [-0.39, 0.29) is 0 Å². The summed E-state index contributed by atoms with van der Waals surface area (Å²) in [4.78, 5) is 1.33. The molecule has 0 radical (unpaired) electrons. The lowest BCUT2D eigenvalue weighted by atomic mass is 10.0. The maximum atomic E-state index is 3.81. The number of thiophene rings is 1. The van der Waals surface area contributed by atoms with Gasteiger partial charge in [-0.25, -0.2) is 0 Å². The Kier molecular flexibility index (Phi) is 11.7. The molecule has 0 spiro atoms. The predicted molar refractivity (Wildman–Crippen MR) is 166 cm³/mol. The van der Waals surface area contributed by atoms with E-state index in [0.29, 0.717) is 12.1 Å². The Morgan fingerprint density at radius 3 is 2.57 bits per heavy atom. The van der Waals surface area contributed by atoms with Gasteiger partial charge in [-0.05, 0) is 85.8 Å². The first-order chi connectivity index (χ1) is 18.0. The molecular formula is C32H46N4S. The van der Waals surface area contributed by atoms with Crippen LogP contribution in [-0.2, 0) is 0 Å². The molecule has 5 heteroatoms. The number of anilines is 2. The molecular weight excluding hydrogens is 472 g/mol. The van der Waals surface area contributed by atoms with Crippen molar-refractivity contribution >= 4 is 28.1 Å². The minimum atomic E-state index is 0.381. The smallest absolute Gasteiger partial charge is 0.0889 e. The zero-order valence-electron chi connectivity index (χ0n) is 23.4. The van der Waals surface area contributed by atoms with E-state index in [9.17, 15) is 0 Å². The van der Waals surface area contributed by atoms with Crippen LogP contribution in [0.1, 0.15) is 62.8 Å². The van der Waals surface area contributed by atoms with Gasteiger partial charge in [0.05, 0.1) is 11.0 Å². The number of hydrogen-bond acceptors (Lipinski definition) is 5. The van der Waals surface area contributed by atoms with Gasteiger partial charge in [-0.1, -0.05) is 63.6 Å². The highest BCUT2D eigenvalue weighted by Gasteiger charge is 2.15. The molecule has 0 aliphatic carbocycles. The van der Waals surface area contributed by atoms with Crippen molar-refractivity contribution in [3.63, 3.8) is 0 Å². The summed E-state index contributed by atoms with van der Waals surface area (Å²) in [5, 5.41) is 14.9. The molecule has 200 valence electrons. The summed E-state index contributed by atoms with van der Waals surface area (Å²) in [5.74, 6) is 0.783. The predicted octanol–water partition coefficient (Wildman–Crippen LogP) is 7.96. The molecule has 2 unspecified atom stereocenters. The van der Waals surface area contributed by atoms with Crippen molar-refractivity contribution in [1.82, 2.24) is 10.6 Å². The first-order valence-corrected chi connectivity index (χ1v) is 14.6. The average Bonchev–Trinajstić information content (AvgIpc) is 3.38. The van der Waals surface area contributed by atoms with Crippen LogP contribution in [0.15, 0.2) is 61.2 Å². The monoisotopic (exact) mass is 518 g/mol. The molecule has 1 fully saturated rings. The van der Waals surface area contributed by atoms with E-state index in [1.807, 2.05) is 24.5 Å². The molecule has 2 atom stereocenters. The minimum absolute atomic E-state index is 0.381. The highest BCUT2D eigenvalue weighted by Crippen LogP contribution is 2.33. The van der Waals surface area contributed by atoms with Crippen LogP contribution in [0.3, 0.4) is 0 Å². The third kappa shape index (κ3) is 8.74. The number of benzene rings is 2. The van der Waals surface area contributed by atoms with Crippen molar-refractivity contribution in [2.45, 2.75) is 59.0 Å². The van der Waals surface area contributed by atoms with Gasteiger partial charge in [-0.15, -0.1) is 11.3 Å². The highest BCUT2D eigenvalue weighted by molar-refractivity contribution is 7.19. The zero-order valence-corrected chi connectivity index (χ0v) is 24.2. The molecule has 4 rings (SSSR count). The molecule has 2 aromatic carbocycles. The van der Waals surface area contributed by atoms with E-state index < -0.39 is 0 Å². The second kappa shape index (κ2) is 15.0. The molecule has 3 aromatic rings. The fourth-order valence-electron chi connectivity index (χ4n) is 4.40. The SMILES string of the molecule is C=Cc1cc(NC2CNC2)ccc1C.CCCC(CC)CNc1ccc(-c2cccc(C(C)NC)c2)s1. The maximum Gasteiger partial charge on any atom is 0.0889 e. The molecule has 1 saturated heterocycles. The summed E-state index contributed by atoms with van der Waals surface area (Å²) in [6, 6.07) is 20.7. The van der Waals surface area contributed by atoms with Gasteiger partial charge in [-0.2, -0.15) is 0 Å². The largest absolute Gasteiger partial charge is 0.380 e. The van der Waals surface area contributed by atoms with E-state index in [4.69, 9.17) is 0 Å². The van der Waals surface area contributed by atoms with Crippen molar-refractivity contribution in [3.8, 4) is 10.4 Å². The van der Waals surface area contributed by atoms with Crippen molar-refractivity contribution in [2.24, 2.45) is 5.92 Å². The molecule has 4 nitrogen and oxygen atoms in total. The second-order valence-corrected chi connectivity index (χ2v) is 11.1. The Morgan fingerprint density at radius 1 is 1.11 bits per heavy atom. The average molecular weight is 519 g/mol. The fourth-order valence-corrected chi connectivity index (χ4v) is 5.31. The fraction of sp³-hybridized carbons (Fsp3) is 0.438. The van der Waals surface area contributed by atoms with Crippen LogP contribution in [0.4, 0.5) is 10.7 Å². The standard InChI is InChI=1S/C20H30N2S.C12H16N2/c1-5-8-16(6-2)14-22-20-12-11-19(23-20)18-10-7-9-17(13-18)15(3)21-4;1-3-10-6-11(5-4-9(10)2)14-12-7-13-8-12/h7,9-13,15-16,21-22H,5-6,8,14H2,1-4H3;3-6,12-14H,1,7-8H2,2H3. The van der Waals surface area contributed by atoms with Crippen LogP contribution in [0.25, 0.3) is 16.5 Å². The Balaban J connectivity index is 0.000000231. The van der Waals surface area contributed by atoms with E-state index >= 15 is 0 Å². The van der Waals surface area contributed by atoms with E-state index in [0.717, 1.165) is 25.6 Å². The summed E-state index contributed by atoms with van der Waals surface area (Å²) in [6.45, 7) is 15.9. The number of rotatable bonds is 12. The van der Waals surface area contributed by atoms with Crippen LogP contribution in [0.2, 0.25) is 0 Å². The van der Waals surface area contributed by atoms with E-state index in [2.05, 4.69) is 110 Å². The van der Waals surface area contributed by atoms with Crippen molar-refractivity contribution in [2.75, 3.05) is 37.3 Å². The van der Waals surface area contributed by atoms with Gasteiger partial charge in [0.15, 0.2) is 0 Å². The van der Waals surface area contributed by atoms with E-state index in [1.54, 1.807) is 0 Å². The normalized spacial score (nSPS) is 14.6. The third-order valence-electron chi connectivity index (χ3n) is 7.20. The second-order valence-electron chi connectivity index (χ2n) is 10.0. The molecule has 0 amide bonds. The first-order valence-electron chi connectivity index (χ1n) is 13.8. The van der Waals surface area contributed by atoms with Crippen molar-refractivity contribution in [3.05, 3.63) is 77.9 Å². The Bertz CT molecular complexity index is 1100. The van der Waals surface area contributed by atoms with Gasteiger partial charge >= 0.3 is 0 Å². The Hall–Kier alpha value is -2.60. The van der Waals surface area contributed by atoms with Crippen LogP contribution >= 0.6 is 11.3 Å². The number of aryl methyl sites for hydroxylation is 1. The Labute approximate surface area is 229 Å². The van der Waals surface area contributed by atoms with Gasteiger partial charge in [0.1, 0.15) is 0 Å². The molecule has 1 aliphatic rings. The summed E-state index contributed by atoms with van der Waals surface area (Å²) in [6.07, 6.45) is 5.74. The van der Waals surface area contributed by atoms with Crippen LogP contribution in [0, 0.1) is 12.8 Å². The van der Waals surface area contributed by atoms with Gasteiger partial charge in [0.2, 0.25) is 0 Å². The summed E-state index contributed by atoms with van der Waals surface area (Å²) >= 11 is 1.85. The summed E-state index contributed by atoms with van der Waals surface area (Å²) in [5.41, 5.74) is 6.32. The molecule has 0 bridgehead atoms. The first kappa shape index (κ1) is 29.0. The van der Waals surface area contributed by atoms with Crippen LogP contribution < -0.4 is 21.3 Å². The number of nitrogens with one attached hydrogen (secondary N) is 4. The molecule has 1 aromatic heterocycles. The summed E-state index contributed by atoms with van der Waals surface area (Å²) in [7, 11) is 2.00. The van der Waals surface area contributed by atoms with Gasteiger partial charge in [-0.3, -0.25) is 0 Å². The lowest BCUT2D eigenvalue weighted by molar-refractivity contribution is 0.472. The molecule has 4 N–H and O–H groups in total. The molecule has 37 heavy (non-hydrogen) atoms. The Morgan fingerprint density at radius 2 is 1.92 bits per heavy atom. The maximum absolute atomic E-state index is 3.81. The highest BCUT2D eigenvalue weighted by atomic mass is 32.1. The zero-order chi connectivity index (χ0) is 26.6. The third-order valence-corrected chi connectivity index (χ3v) is 8.29. The number of hydrogen-bond donors (Lipinski definition) is 4. The lowest BCUT2D eigenvalue weighted by Gasteiger charge is -2.29. The topological polar surface area (TPSA) is 48.1 Å². The van der Waals surface area contributed by atoms with Crippen LogP contribution in [-0.4, -0.2) is 32.7 Å². The molecule has 2 heterocycles. The van der Waals surface area contributed by atoms with Gasteiger partial charge in [0, 0.05) is 36.2 Å². The van der Waals surface area contributed by atoms with E-state index in [1.165, 1.54) is 57.1 Å². The van der Waals surface area contributed by atoms with Crippen LogP contribution in [0.5, 0.6) is 0 Å². The van der Waals surface area contributed by atoms with Gasteiger partial charge < -0.3 is 21.3 Å².